The van der Waals surface area contributed by atoms with Crippen molar-refractivity contribution in [3.63, 3.8) is 0 Å². The van der Waals surface area contributed by atoms with Crippen LogP contribution in [-0.4, -0.2) is 19.8 Å². The van der Waals surface area contributed by atoms with Gasteiger partial charge in [0.05, 0.1) is 6.61 Å². The molecular weight excluding hydrogens is 198 g/mol. The fraction of sp³-hybridized carbons (Fsp3) is 0.455. The second-order valence-corrected chi connectivity index (χ2v) is 3.48. The maximum atomic E-state index is 5.76. The molecule has 0 aliphatic heterocycles. The molecule has 1 rings (SSSR count). The Labute approximate surface area is 90.2 Å². The fourth-order valence-electron chi connectivity index (χ4n) is 1.08. The van der Waals surface area contributed by atoms with E-state index >= 15 is 0 Å². The van der Waals surface area contributed by atoms with Crippen LogP contribution in [0.25, 0.3) is 0 Å². The molecule has 0 spiro atoms. The standard InChI is InChI=1S/C11H16ClNO/c1-2-8-14-9-7-13-11-5-3-10(12)4-6-11/h3-6,13H,2,7-9H2,1H3. The van der Waals surface area contributed by atoms with Crippen molar-refractivity contribution in [1.29, 1.82) is 0 Å². The summed E-state index contributed by atoms with van der Waals surface area (Å²) in [5, 5.41) is 4.01. The number of hydrogen-bond acceptors (Lipinski definition) is 2. The number of ether oxygens (including phenoxy) is 1. The lowest BCUT2D eigenvalue weighted by atomic mass is 10.3. The second-order valence-electron chi connectivity index (χ2n) is 3.05. The van der Waals surface area contributed by atoms with Crippen LogP contribution < -0.4 is 5.32 Å². The van der Waals surface area contributed by atoms with Gasteiger partial charge in [0.25, 0.3) is 0 Å². The minimum atomic E-state index is 0.746. The van der Waals surface area contributed by atoms with Crippen molar-refractivity contribution in [2.45, 2.75) is 13.3 Å². The topological polar surface area (TPSA) is 21.3 Å². The molecule has 0 atom stereocenters. The van der Waals surface area contributed by atoms with E-state index in [4.69, 9.17) is 16.3 Å². The van der Waals surface area contributed by atoms with Gasteiger partial charge in [-0.2, -0.15) is 0 Å². The Balaban J connectivity index is 2.15. The molecule has 0 aromatic heterocycles. The van der Waals surface area contributed by atoms with Crippen molar-refractivity contribution >= 4 is 17.3 Å². The maximum absolute atomic E-state index is 5.76. The molecule has 1 N–H and O–H groups in total. The zero-order chi connectivity index (χ0) is 10.2. The van der Waals surface area contributed by atoms with Gasteiger partial charge in [0, 0.05) is 23.9 Å². The summed E-state index contributed by atoms with van der Waals surface area (Å²) in [6.07, 6.45) is 1.07. The zero-order valence-electron chi connectivity index (χ0n) is 8.42. The van der Waals surface area contributed by atoms with Crippen LogP contribution in [0.3, 0.4) is 0 Å². The summed E-state index contributed by atoms with van der Waals surface area (Å²) in [4.78, 5) is 0. The first-order valence-electron chi connectivity index (χ1n) is 4.90. The van der Waals surface area contributed by atoms with Crippen LogP contribution in [0.2, 0.25) is 5.02 Å². The zero-order valence-corrected chi connectivity index (χ0v) is 9.18. The molecule has 0 unspecified atom stereocenters. The minimum absolute atomic E-state index is 0.746. The number of benzene rings is 1. The van der Waals surface area contributed by atoms with Gasteiger partial charge in [0.1, 0.15) is 0 Å². The Hall–Kier alpha value is -0.730. The van der Waals surface area contributed by atoms with Gasteiger partial charge in [-0.3, -0.25) is 0 Å². The van der Waals surface area contributed by atoms with Crippen molar-refractivity contribution in [2.24, 2.45) is 0 Å². The highest BCUT2D eigenvalue weighted by Gasteiger charge is 1.91. The van der Waals surface area contributed by atoms with Crippen LogP contribution in [0.1, 0.15) is 13.3 Å². The molecule has 1 aromatic rings. The quantitative estimate of drug-likeness (QED) is 0.733. The summed E-state index contributed by atoms with van der Waals surface area (Å²) in [7, 11) is 0. The summed E-state index contributed by atoms with van der Waals surface area (Å²) in [5.41, 5.74) is 1.08. The van der Waals surface area contributed by atoms with Gasteiger partial charge >= 0.3 is 0 Å². The molecule has 3 heteroatoms. The third kappa shape index (κ3) is 4.49. The van der Waals surface area contributed by atoms with Crippen LogP contribution in [0.4, 0.5) is 5.69 Å². The van der Waals surface area contributed by atoms with Crippen molar-refractivity contribution in [3.05, 3.63) is 29.3 Å². The third-order valence-corrected chi connectivity index (χ3v) is 2.02. The molecule has 0 aliphatic carbocycles. The number of anilines is 1. The van der Waals surface area contributed by atoms with Crippen molar-refractivity contribution in [1.82, 2.24) is 0 Å². The Morgan fingerprint density at radius 3 is 2.57 bits per heavy atom. The highest BCUT2D eigenvalue weighted by atomic mass is 35.5. The highest BCUT2D eigenvalue weighted by molar-refractivity contribution is 6.30. The predicted octanol–water partition coefficient (Wildman–Crippen LogP) is 3.18. The fourth-order valence-corrected chi connectivity index (χ4v) is 1.21. The van der Waals surface area contributed by atoms with Crippen LogP contribution in [0.5, 0.6) is 0 Å². The first-order chi connectivity index (χ1) is 6.83. The van der Waals surface area contributed by atoms with Crippen molar-refractivity contribution < 1.29 is 4.74 Å². The predicted molar refractivity (Wildman–Crippen MR) is 61.1 cm³/mol. The Bertz CT molecular complexity index is 248. The molecule has 2 nitrogen and oxygen atoms in total. The summed E-state index contributed by atoms with van der Waals surface area (Å²) < 4.78 is 5.34. The lowest BCUT2D eigenvalue weighted by Crippen LogP contribution is -2.09. The van der Waals surface area contributed by atoms with Crippen LogP contribution in [-0.2, 0) is 4.74 Å². The average Bonchev–Trinajstić information content (AvgIpc) is 2.21. The summed E-state index contributed by atoms with van der Waals surface area (Å²) in [5.74, 6) is 0. The van der Waals surface area contributed by atoms with E-state index in [1.54, 1.807) is 0 Å². The van der Waals surface area contributed by atoms with E-state index in [0.29, 0.717) is 0 Å². The monoisotopic (exact) mass is 213 g/mol. The molecule has 78 valence electrons. The molecular formula is C11H16ClNO. The van der Waals surface area contributed by atoms with Gasteiger partial charge in [-0.25, -0.2) is 0 Å². The molecule has 14 heavy (non-hydrogen) atoms. The Morgan fingerprint density at radius 2 is 1.93 bits per heavy atom. The minimum Gasteiger partial charge on any atom is -0.383 e. The van der Waals surface area contributed by atoms with E-state index in [1.165, 1.54) is 0 Å². The Kier molecular flexibility index (Phi) is 5.42. The highest BCUT2D eigenvalue weighted by Crippen LogP contribution is 2.12. The summed E-state index contributed by atoms with van der Waals surface area (Å²) in [6, 6.07) is 7.66. The molecule has 0 saturated carbocycles. The smallest absolute Gasteiger partial charge is 0.0639 e. The largest absolute Gasteiger partial charge is 0.383 e. The van der Waals surface area contributed by atoms with Gasteiger partial charge in [-0.05, 0) is 30.7 Å². The van der Waals surface area contributed by atoms with Gasteiger partial charge in [0.15, 0.2) is 0 Å². The van der Waals surface area contributed by atoms with E-state index in [2.05, 4.69) is 12.2 Å². The molecule has 1 aromatic carbocycles. The SMILES string of the molecule is CCCOCCNc1ccc(Cl)cc1. The molecule has 0 aliphatic rings. The first-order valence-corrected chi connectivity index (χ1v) is 5.28. The lowest BCUT2D eigenvalue weighted by Gasteiger charge is -2.06. The number of hydrogen-bond donors (Lipinski definition) is 1. The van der Waals surface area contributed by atoms with E-state index < -0.39 is 0 Å². The third-order valence-electron chi connectivity index (χ3n) is 1.77. The second kappa shape index (κ2) is 6.68. The van der Waals surface area contributed by atoms with Crippen molar-refractivity contribution in [2.75, 3.05) is 25.1 Å². The average molecular weight is 214 g/mol. The van der Waals surface area contributed by atoms with Gasteiger partial charge in [0.2, 0.25) is 0 Å². The lowest BCUT2D eigenvalue weighted by molar-refractivity contribution is 0.144. The van der Waals surface area contributed by atoms with Crippen molar-refractivity contribution in [3.8, 4) is 0 Å². The first kappa shape index (κ1) is 11.3. The van der Waals surface area contributed by atoms with E-state index in [0.717, 1.165) is 36.9 Å². The molecule has 0 bridgehead atoms. The van der Waals surface area contributed by atoms with Crippen LogP contribution in [0.15, 0.2) is 24.3 Å². The maximum Gasteiger partial charge on any atom is 0.0639 e. The van der Waals surface area contributed by atoms with Gasteiger partial charge in [-0.15, -0.1) is 0 Å². The number of halogens is 1. The number of rotatable bonds is 6. The summed E-state index contributed by atoms with van der Waals surface area (Å²) >= 11 is 5.76. The Morgan fingerprint density at radius 1 is 1.21 bits per heavy atom. The van der Waals surface area contributed by atoms with Gasteiger partial charge in [-0.1, -0.05) is 18.5 Å². The normalized spacial score (nSPS) is 10.1. The molecule has 0 radical (unpaired) electrons. The van der Waals surface area contributed by atoms with Crippen LogP contribution in [0, 0.1) is 0 Å². The number of nitrogens with one attached hydrogen (secondary N) is 1. The summed E-state index contributed by atoms with van der Waals surface area (Å²) in [6.45, 7) is 4.52. The molecule has 0 amide bonds. The van der Waals surface area contributed by atoms with E-state index in [9.17, 15) is 0 Å². The molecule has 0 saturated heterocycles. The molecule has 0 fully saturated rings. The van der Waals surface area contributed by atoms with E-state index in [-0.39, 0.29) is 0 Å². The molecule has 0 heterocycles. The van der Waals surface area contributed by atoms with Crippen LogP contribution >= 0.6 is 11.6 Å². The van der Waals surface area contributed by atoms with Gasteiger partial charge < -0.3 is 10.1 Å². The van der Waals surface area contributed by atoms with E-state index in [1.807, 2.05) is 24.3 Å².